The standard InChI is InChI=1S/C2H4F2N/c1-5-2(3)4/h5H,1H3. The third-order valence-corrected chi connectivity index (χ3v) is 0.189. The van der Waals surface area contributed by atoms with Gasteiger partial charge in [0.1, 0.15) is 0 Å². The highest BCUT2D eigenvalue weighted by atomic mass is 19.3. The molecule has 0 amide bonds. The average molecular weight is 80.1 g/mol. The Bertz CT molecular complexity index is 21.6. The van der Waals surface area contributed by atoms with Crippen molar-refractivity contribution in [1.82, 2.24) is 5.32 Å². The fourth-order valence-electron chi connectivity index (χ4n) is 0. The van der Waals surface area contributed by atoms with Crippen molar-refractivity contribution in [2.75, 3.05) is 7.05 Å². The van der Waals surface area contributed by atoms with Crippen LogP contribution in [0, 0.1) is 6.55 Å². The molecule has 0 saturated carbocycles. The van der Waals surface area contributed by atoms with Crippen molar-refractivity contribution in [3.8, 4) is 0 Å². The Balaban J connectivity index is 2.54. The van der Waals surface area contributed by atoms with Gasteiger partial charge in [-0.2, -0.15) is 8.78 Å². The fourth-order valence-corrected chi connectivity index (χ4v) is 0. The number of halogens is 2. The molecule has 31 valence electrons. The van der Waals surface area contributed by atoms with Crippen LogP contribution in [-0.2, 0) is 0 Å². The molecule has 0 rings (SSSR count). The molecule has 1 nitrogen and oxygen atoms in total. The van der Waals surface area contributed by atoms with Crippen molar-refractivity contribution in [1.29, 1.82) is 0 Å². The average Bonchev–Trinajstić information content (AvgIpc) is 1.38. The van der Waals surface area contributed by atoms with Crippen LogP contribution in [0.4, 0.5) is 8.78 Å². The summed E-state index contributed by atoms with van der Waals surface area (Å²) < 4.78 is 21.1. The summed E-state index contributed by atoms with van der Waals surface area (Å²) in [6.07, 6.45) is 0. The van der Waals surface area contributed by atoms with Gasteiger partial charge >= 0.3 is 6.55 Å². The predicted octanol–water partition coefficient (Wildman–Crippen LogP) is 0.592. The molecular formula is C2H4F2N. The molecule has 1 radical (unpaired) electrons. The molecule has 0 atom stereocenters. The van der Waals surface area contributed by atoms with Gasteiger partial charge < -0.3 is 0 Å². The first kappa shape index (κ1) is 4.82. The molecule has 0 aliphatic rings. The summed E-state index contributed by atoms with van der Waals surface area (Å²) in [5, 5.41) is 1.61. The minimum atomic E-state index is -1.75. The van der Waals surface area contributed by atoms with Crippen molar-refractivity contribution in [2.45, 2.75) is 0 Å². The molecule has 0 aromatic carbocycles. The Kier molecular flexibility index (Phi) is 2.01. The summed E-state index contributed by atoms with van der Waals surface area (Å²) in [5.41, 5.74) is 0. The summed E-state index contributed by atoms with van der Waals surface area (Å²) in [5.74, 6) is 0. The molecule has 0 aliphatic carbocycles. The SMILES string of the molecule is CN[C](F)F. The van der Waals surface area contributed by atoms with Crippen molar-refractivity contribution < 1.29 is 8.78 Å². The van der Waals surface area contributed by atoms with Crippen molar-refractivity contribution in [2.24, 2.45) is 0 Å². The first-order chi connectivity index (χ1) is 2.27. The second-order valence-corrected chi connectivity index (χ2v) is 0.510. The van der Waals surface area contributed by atoms with Gasteiger partial charge in [0.15, 0.2) is 0 Å². The summed E-state index contributed by atoms with van der Waals surface area (Å²) in [6, 6.07) is 0. The van der Waals surface area contributed by atoms with Crippen molar-refractivity contribution in [3.05, 3.63) is 6.55 Å². The zero-order valence-electron chi connectivity index (χ0n) is 2.76. The molecule has 5 heavy (non-hydrogen) atoms. The predicted molar refractivity (Wildman–Crippen MR) is 14.5 cm³/mol. The topological polar surface area (TPSA) is 12.0 Å². The van der Waals surface area contributed by atoms with Gasteiger partial charge in [0.2, 0.25) is 0 Å². The van der Waals surface area contributed by atoms with Crippen molar-refractivity contribution in [3.63, 3.8) is 0 Å². The highest BCUT2D eigenvalue weighted by Crippen LogP contribution is 1.90. The van der Waals surface area contributed by atoms with Crippen LogP contribution in [0.5, 0.6) is 0 Å². The Labute approximate surface area is 29.0 Å². The molecule has 0 unspecified atom stereocenters. The Morgan fingerprint density at radius 3 is 1.80 bits per heavy atom. The molecule has 0 aromatic rings. The van der Waals surface area contributed by atoms with E-state index in [-0.39, 0.29) is 0 Å². The molecule has 1 N–H and O–H groups in total. The zero-order valence-corrected chi connectivity index (χ0v) is 2.76. The lowest BCUT2D eigenvalue weighted by Crippen LogP contribution is -2.03. The lowest BCUT2D eigenvalue weighted by atomic mass is 11.2. The normalized spacial score (nSPS) is 9.60. The second kappa shape index (κ2) is 2.08. The number of rotatable bonds is 1. The summed E-state index contributed by atoms with van der Waals surface area (Å²) in [6.45, 7) is -1.75. The van der Waals surface area contributed by atoms with Gasteiger partial charge in [0.25, 0.3) is 0 Å². The minimum absolute atomic E-state index is 1.16. The lowest BCUT2D eigenvalue weighted by molar-refractivity contribution is 0.253. The number of hydrogen-bond donors (Lipinski definition) is 1. The lowest BCUT2D eigenvalue weighted by Gasteiger charge is -1.82. The van der Waals surface area contributed by atoms with E-state index in [1.54, 1.807) is 5.32 Å². The molecule has 0 heterocycles. The van der Waals surface area contributed by atoms with Gasteiger partial charge in [-0.15, -0.1) is 0 Å². The monoisotopic (exact) mass is 80.0 g/mol. The molecule has 0 aliphatic heterocycles. The first-order valence-corrected chi connectivity index (χ1v) is 1.13. The molecule has 0 spiro atoms. The molecule has 0 aromatic heterocycles. The third-order valence-electron chi connectivity index (χ3n) is 0.189. The van der Waals surface area contributed by atoms with Crippen LogP contribution in [0.2, 0.25) is 0 Å². The van der Waals surface area contributed by atoms with Crippen LogP contribution in [-0.4, -0.2) is 7.05 Å². The maximum Gasteiger partial charge on any atom is 0.379 e. The van der Waals surface area contributed by atoms with E-state index in [4.69, 9.17) is 0 Å². The van der Waals surface area contributed by atoms with E-state index in [1.807, 2.05) is 0 Å². The van der Waals surface area contributed by atoms with Gasteiger partial charge in [-0.05, 0) is 7.05 Å². The zero-order chi connectivity index (χ0) is 4.28. The Hall–Kier alpha value is -0.180. The molecule has 0 saturated heterocycles. The Morgan fingerprint density at radius 1 is 1.60 bits per heavy atom. The van der Waals surface area contributed by atoms with E-state index in [9.17, 15) is 8.78 Å². The second-order valence-electron chi connectivity index (χ2n) is 0.510. The van der Waals surface area contributed by atoms with Gasteiger partial charge in [0.05, 0.1) is 0 Å². The quantitative estimate of drug-likeness (QED) is 0.454. The van der Waals surface area contributed by atoms with E-state index in [1.165, 1.54) is 0 Å². The highest BCUT2D eigenvalue weighted by molar-refractivity contribution is 4.44. The summed E-state index contributed by atoms with van der Waals surface area (Å²) >= 11 is 0. The van der Waals surface area contributed by atoms with Crippen LogP contribution in [0.1, 0.15) is 0 Å². The highest BCUT2D eigenvalue weighted by Gasteiger charge is 1.93. The number of hydrogen-bond acceptors (Lipinski definition) is 1. The van der Waals surface area contributed by atoms with Gasteiger partial charge in [-0.3, -0.25) is 5.32 Å². The minimum Gasteiger partial charge on any atom is -0.255 e. The third kappa shape index (κ3) is 3.82. The Morgan fingerprint density at radius 2 is 1.80 bits per heavy atom. The van der Waals surface area contributed by atoms with Gasteiger partial charge in [0, 0.05) is 0 Å². The maximum absolute atomic E-state index is 10.6. The smallest absolute Gasteiger partial charge is 0.255 e. The van der Waals surface area contributed by atoms with Crippen molar-refractivity contribution >= 4 is 0 Å². The fraction of sp³-hybridized carbons (Fsp3) is 0.500. The summed E-state index contributed by atoms with van der Waals surface area (Å²) in [4.78, 5) is 0. The summed E-state index contributed by atoms with van der Waals surface area (Å²) in [7, 11) is 1.16. The molecule has 0 bridgehead atoms. The van der Waals surface area contributed by atoms with Gasteiger partial charge in [-0.25, -0.2) is 0 Å². The van der Waals surface area contributed by atoms with Crippen LogP contribution in [0.3, 0.4) is 0 Å². The molecule has 3 heteroatoms. The van der Waals surface area contributed by atoms with Crippen LogP contribution in [0.15, 0.2) is 0 Å². The van der Waals surface area contributed by atoms with E-state index in [2.05, 4.69) is 0 Å². The van der Waals surface area contributed by atoms with Crippen LogP contribution in [0.25, 0.3) is 0 Å². The van der Waals surface area contributed by atoms with E-state index < -0.39 is 6.55 Å². The van der Waals surface area contributed by atoms with E-state index in [0.29, 0.717) is 0 Å². The van der Waals surface area contributed by atoms with Crippen LogP contribution >= 0.6 is 0 Å². The first-order valence-electron chi connectivity index (χ1n) is 1.13. The molecular weight excluding hydrogens is 76.0 g/mol. The van der Waals surface area contributed by atoms with E-state index in [0.717, 1.165) is 7.05 Å². The largest absolute Gasteiger partial charge is 0.379 e. The maximum atomic E-state index is 10.6. The number of nitrogens with one attached hydrogen (secondary N) is 1. The van der Waals surface area contributed by atoms with Crippen LogP contribution < -0.4 is 5.32 Å². The molecule has 0 fully saturated rings. The van der Waals surface area contributed by atoms with E-state index >= 15 is 0 Å². The van der Waals surface area contributed by atoms with Gasteiger partial charge in [-0.1, -0.05) is 0 Å².